The standard InChI is InChI=1S/C15H18N2/c1-11-4-3-5-13(8-11)10-17-15-9-12(2)6-7-14(15)16/h3-9,17H,10,16H2,1-2H3. The Labute approximate surface area is 102 Å². The van der Waals surface area contributed by atoms with E-state index in [1.165, 1.54) is 16.7 Å². The zero-order valence-corrected chi connectivity index (χ0v) is 10.3. The van der Waals surface area contributed by atoms with E-state index in [1.54, 1.807) is 0 Å². The van der Waals surface area contributed by atoms with E-state index < -0.39 is 0 Å². The lowest BCUT2D eigenvalue weighted by Gasteiger charge is -2.10. The van der Waals surface area contributed by atoms with E-state index in [-0.39, 0.29) is 0 Å². The van der Waals surface area contributed by atoms with Gasteiger partial charge in [0, 0.05) is 6.54 Å². The van der Waals surface area contributed by atoms with Crippen molar-refractivity contribution in [3.05, 3.63) is 59.2 Å². The summed E-state index contributed by atoms with van der Waals surface area (Å²) in [7, 11) is 0. The summed E-state index contributed by atoms with van der Waals surface area (Å²) in [4.78, 5) is 0. The number of aryl methyl sites for hydroxylation is 2. The fraction of sp³-hybridized carbons (Fsp3) is 0.200. The summed E-state index contributed by atoms with van der Waals surface area (Å²) in [5, 5.41) is 3.37. The van der Waals surface area contributed by atoms with E-state index in [9.17, 15) is 0 Å². The lowest BCUT2D eigenvalue weighted by atomic mass is 10.1. The molecule has 0 aliphatic rings. The van der Waals surface area contributed by atoms with Crippen molar-refractivity contribution >= 4 is 11.4 Å². The second kappa shape index (κ2) is 4.91. The quantitative estimate of drug-likeness (QED) is 0.786. The summed E-state index contributed by atoms with van der Waals surface area (Å²) in [6.45, 7) is 4.97. The van der Waals surface area contributed by atoms with Gasteiger partial charge in [-0.15, -0.1) is 0 Å². The van der Waals surface area contributed by atoms with E-state index in [0.29, 0.717) is 0 Å². The molecule has 0 aromatic heterocycles. The predicted octanol–water partition coefficient (Wildman–Crippen LogP) is 3.50. The first kappa shape index (κ1) is 11.5. The second-order valence-electron chi connectivity index (χ2n) is 4.43. The van der Waals surface area contributed by atoms with E-state index in [0.717, 1.165) is 17.9 Å². The van der Waals surface area contributed by atoms with Crippen molar-refractivity contribution < 1.29 is 0 Å². The van der Waals surface area contributed by atoms with Crippen LogP contribution in [0.25, 0.3) is 0 Å². The van der Waals surface area contributed by atoms with Gasteiger partial charge in [0.05, 0.1) is 11.4 Å². The minimum atomic E-state index is 0.795. The largest absolute Gasteiger partial charge is 0.397 e. The Morgan fingerprint density at radius 1 is 1.00 bits per heavy atom. The predicted molar refractivity (Wildman–Crippen MR) is 74.1 cm³/mol. The molecule has 88 valence electrons. The maximum Gasteiger partial charge on any atom is 0.0579 e. The highest BCUT2D eigenvalue weighted by molar-refractivity contribution is 5.66. The highest BCUT2D eigenvalue weighted by Crippen LogP contribution is 2.20. The Morgan fingerprint density at radius 2 is 1.76 bits per heavy atom. The Bertz CT molecular complexity index is 518. The molecule has 0 aliphatic heterocycles. The molecule has 0 amide bonds. The highest BCUT2D eigenvalue weighted by atomic mass is 14.9. The summed E-state index contributed by atoms with van der Waals surface area (Å²) < 4.78 is 0. The highest BCUT2D eigenvalue weighted by Gasteiger charge is 1.99. The molecule has 2 nitrogen and oxygen atoms in total. The van der Waals surface area contributed by atoms with Crippen molar-refractivity contribution in [2.75, 3.05) is 11.1 Å². The lowest BCUT2D eigenvalue weighted by molar-refractivity contribution is 1.14. The lowest BCUT2D eigenvalue weighted by Crippen LogP contribution is -2.02. The van der Waals surface area contributed by atoms with Gasteiger partial charge >= 0.3 is 0 Å². The van der Waals surface area contributed by atoms with Crippen LogP contribution in [0.4, 0.5) is 11.4 Å². The number of nitrogens with two attached hydrogens (primary N) is 1. The molecule has 3 N–H and O–H groups in total. The number of benzene rings is 2. The first-order valence-corrected chi connectivity index (χ1v) is 5.81. The van der Waals surface area contributed by atoms with Gasteiger partial charge in [-0.2, -0.15) is 0 Å². The van der Waals surface area contributed by atoms with Crippen LogP contribution in [-0.2, 0) is 6.54 Å². The zero-order valence-electron chi connectivity index (χ0n) is 10.3. The zero-order chi connectivity index (χ0) is 12.3. The van der Waals surface area contributed by atoms with Crippen LogP contribution >= 0.6 is 0 Å². The van der Waals surface area contributed by atoms with Crippen LogP contribution in [0.5, 0.6) is 0 Å². The van der Waals surface area contributed by atoms with Crippen molar-refractivity contribution in [2.45, 2.75) is 20.4 Å². The van der Waals surface area contributed by atoms with Crippen molar-refractivity contribution in [1.29, 1.82) is 0 Å². The summed E-state index contributed by atoms with van der Waals surface area (Å²) >= 11 is 0. The van der Waals surface area contributed by atoms with Gasteiger partial charge in [0.15, 0.2) is 0 Å². The fourth-order valence-corrected chi connectivity index (χ4v) is 1.84. The maximum atomic E-state index is 5.92. The van der Waals surface area contributed by atoms with Crippen LogP contribution in [-0.4, -0.2) is 0 Å². The molecule has 0 unspecified atom stereocenters. The van der Waals surface area contributed by atoms with Crippen LogP contribution in [0, 0.1) is 13.8 Å². The van der Waals surface area contributed by atoms with Crippen LogP contribution in [0.15, 0.2) is 42.5 Å². The molecule has 0 radical (unpaired) electrons. The SMILES string of the molecule is Cc1cccc(CNc2cc(C)ccc2N)c1. The van der Waals surface area contributed by atoms with Gasteiger partial charge < -0.3 is 11.1 Å². The monoisotopic (exact) mass is 226 g/mol. The topological polar surface area (TPSA) is 38.0 Å². The van der Waals surface area contributed by atoms with Crippen molar-refractivity contribution in [3.8, 4) is 0 Å². The molecular weight excluding hydrogens is 208 g/mol. The van der Waals surface area contributed by atoms with Crippen LogP contribution < -0.4 is 11.1 Å². The van der Waals surface area contributed by atoms with E-state index in [4.69, 9.17) is 5.73 Å². The Morgan fingerprint density at radius 3 is 2.53 bits per heavy atom. The van der Waals surface area contributed by atoms with Crippen LogP contribution in [0.3, 0.4) is 0 Å². The Kier molecular flexibility index (Phi) is 3.33. The van der Waals surface area contributed by atoms with Gasteiger partial charge in [0.1, 0.15) is 0 Å². The molecule has 2 aromatic carbocycles. The summed E-state index contributed by atoms with van der Waals surface area (Å²) in [6, 6.07) is 14.5. The third kappa shape index (κ3) is 3.00. The third-order valence-corrected chi connectivity index (χ3v) is 2.77. The van der Waals surface area contributed by atoms with E-state index in [1.807, 2.05) is 12.1 Å². The van der Waals surface area contributed by atoms with Crippen molar-refractivity contribution in [3.63, 3.8) is 0 Å². The molecule has 2 rings (SSSR count). The molecule has 2 heteroatoms. The minimum Gasteiger partial charge on any atom is -0.397 e. The van der Waals surface area contributed by atoms with Gasteiger partial charge in [-0.1, -0.05) is 35.9 Å². The summed E-state index contributed by atoms with van der Waals surface area (Å²) in [6.07, 6.45) is 0. The molecule has 0 spiro atoms. The Balaban J connectivity index is 2.09. The molecule has 0 aliphatic carbocycles. The van der Waals surface area contributed by atoms with Gasteiger partial charge in [0.2, 0.25) is 0 Å². The van der Waals surface area contributed by atoms with Gasteiger partial charge in [0.25, 0.3) is 0 Å². The van der Waals surface area contributed by atoms with Crippen LogP contribution in [0.2, 0.25) is 0 Å². The minimum absolute atomic E-state index is 0.795. The average molecular weight is 226 g/mol. The molecule has 17 heavy (non-hydrogen) atoms. The molecule has 0 fully saturated rings. The van der Waals surface area contributed by atoms with Crippen molar-refractivity contribution in [1.82, 2.24) is 0 Å². The molecule has 0 bridgehead atoms. The summed E-state index contributed by atoms with van der Waals surface area (Å²) in [5.74, 6) is 0. The Hall–Kier alpha value is -1.96. The smallest absolute Gasteiger partial charge is 0.0579 e. The first-order chi connectivity index (χ1) is 8.15. The van der Waals surface area contributed by atoms with Crippen LogP contribution in [0.1, 0.15) is 16.7 Å². The molecule has 0 atom stereocenters. The molecule has 0 heterocycles. The van der Waals surface area contributed by atoms with E-state index in [2.05, 4.69) is 49.5 Å². The fourth-order valence-electron chi connectivity index (χ4n) is 1.84. The van der Waals surface area contributed by atoms with Gasteiger partial charge in [-0.25, -0.2) is 0 Å². The number of hydrogen-bond acceptors (Lipinski definition) is 2. The molecule has 0 saturated carbocycles. The summed E-state index contributed by atoms with van der Waals surface area (Å²) in [5.41, 5.74) is 11.5. The normalized spacial score (nSPS) is 10.2. The second-order valence-corrected chi connectivity index (χ2v) is 4.43. The number of hydrogen-bond donors (Lipinski definition) is 2. The average Bonchev–Trinajstić information content (AvgIpc) is 2.30. The molecular formula is C15H18N2. The number of nitrogen functional groups attached to an aromatic ring is 1. The number of anilines is 2. The third-order valence-electron chi connectivity index (χ3n) is 2.77. The molecule has 0 saturated heterocycles. The van der Waals surface area contributed by atoms with Gasteiger partial charge in [-0.3, -0.25) is 0 Å². The maximum absolute atomic E-state index is 5.92. The number of nitrogens with one attached hydrogen (secondary N) is 1. The first-order valence-electron chi connectivity index (χ1n) is 5.81. The molecule has 2 aromatic rings. The van der Waals surface area contributed by atoms with E-state index >= 15 is 0 Å². The number of rotatable bonds is 3. The van der Waals surface area contributed by atoms with Gasteiger partial charge in [-0.05, 0) is 37.1 Å². The van der Waals surface area contributed by atoms with Crippen molar-refractivity contribution in [2.24, 2.45) is 0 Å².